The van der Waals surface area contributed by atoms with Gasteiger partial charge in [0.2, 0.25) is 6.41 Å². The van der Waals surface area contributed by atoms with Crippen LogP contribution in [0.4, 0.5) is 5.69 Å². The van der Waals surface area contributed by atoms with E-state index in [1.807, 2.05) is 42.5 Å². The predicted octanol–water partition coefficient (Wildman–Crippen LogP) is 9.71. The van der Waals surface area contributed by atoms with Crippen LogP contribution >= 0.6 is 0 Å². The summed E-state index contributed by atoms with van der Waals surface area (Å²) in [5, 5.41) is 6.59. The average molecular weight is 683 g/mol. The lowest BCUT2D eigenvalue weighted by molar-refractivity contribution is -0.105. The van der Waals surface area contributed by atoms with E-state index in [0.717, 1.165) is 54.2 Å². The first-order valence-corrected chi connectivity index (χ1v) is 21.5. The van der Waals surface area contributed by atoms with Crippen molar-refractivity contribution < 1.29 is 18.7 Å². The highest BCUT2D eigenvalue weighted by molar-refractivity contribution is 6.74. The quantitative estimate of drug-likeness (QED) is 0.0843. The highest BCUT2D eigenvalue weighted by atomic mass is 28.4. The largest absolute Gasteiger partial charge is 0.494 e. The van der Waals surface area contributed by atoms with Crippen LogP contribution in [0.3, 0.4) is 0 Å². The molecule has 0 spiro atoms. The maximum atomic E-state index is 11.6. The molecule has 6 nitrogen and oxygen atoms in total. The van der Waals surface area contributed by atoms with Gasteiger partial charge in [-0.05, 0) is 140 Å². The van der Waals surface area contributed by atoms with Crippen LogP contribution in [0, 0.1) is 23.2 Å². The molecule has 4 saturated carbocycles. The Morgan fingerprint density at radius 1 is 0.878 bits per heavy atom. The van der Waals surface area contributed by atoms with E-state index in [9.17, 15) is 4.79 Å². The van der Waals surface area contributed by atoms with Gasteiger partial charge in [0.15, 0.2) is 8.32 Å². The van der Waals surface area contributed by atoms with Crippen LogP contribution < -0.4 is 20.1 Å². The van der Waals surface area contributed by atoms with E-state index >= 15 is 0 Å². The van der Waals surface area contributed by atoms with Crippen molar-refractivity contribution in [2.75, 3.05) is 25.0 Å². The van der Waals surface area contributed by atoms with Gasteiger partial charge in [0.1, 0.15) is 18.1 Å². The fourth-order valence-corrected chi connectivity index (χ4v) is 10.0. The molecule has 0 aromatic heterocycles. The predicted molar refractivity (Wildman–Crippen MR) is 202 cm³/mol. The van der Waals surface area contributed by atoms with Gasteiger partial charge in [0.05, 0.1) is 18.4 Å². The van der Waals surface area contributed by atoms with Crippen molar-refractivity contribution >= 4 is 20.4 Å². The van der Waals surface area contributed by atoms with Crippen LogP contribution in [0.5, 0.6) is 11.5 Å². The van der Waals surface area contributed by atoms with Gasteiger partial charge in [-0.15, -0.1) is 0 Å². The summed E-state index contributed by atoms with van der Waals surface area (Å²) >= 11 is 0. The summed E-state index contributed by atoms with van der Waals surface area (Å²) in [4.78, 5) is 11.6. The highest BCUT2D eigenvalue weighted by Gasteiger charge is 2.50. The number of hydrogen-bond acceptors (Lipinski definition) is 5. The summed E-state index contributed by atoms with van der Waals surface area (Å²) in [6.45, 7) is 14.1. The van der Waals surface area contributed by atoms with Crippen LogP contribution in [-0.2, 0) is 22.2 Å². The van der Waals surface area contributed by atoms with E-state index in [-0.39, 0.29) is 11.1 Å². The van der Waals surface area contributed by atoms with E-state index in [0.29, 0.717) is 36.4 Å². The molecular weight excluding hydrogens is 625 g/mol. The molecule has 3 aromatic carbocycles. The number of carbonyl (C=O) groups excluding carboxylic acids is 1. The molecule has 3 aromatic rings. The average Bonchev–Trinajstić information content (AvgIpc) is 3.05. The Balaban J connectivity index is 1.03. The zero-order valence-corrected chi connectivity index (χ0v) is 31.4. The SMILES string of the molecule is CC(C)(C)[Si](C)(C)O[C@@H](CNCCc1ccc(OCCC23CC4CC(CC(C4)C2)C3)cc1)c1ccc(OCc2ccccc2)c(NC=O)c1. The molecule has 4 bridgehead atoms. The first kappa shape index (κ1) is 35.7. The van der Waals surface area contributed by atoms with Crippen LogP contribution in [-0.4, -0.2) is 34.4 Å². The lowest BCUT2D eigenvalue weighted by Gasteiger charge is -2.57. The summed E-state index contributed by atoms with van der Waals surface area (Å²) in [6, 6.07) is 24.7. The Morgan fingerprint density at radius 2 is 1.55 bits per heavy atom. The maximum Gasteiger partial charge on any atom is 0.211 e. The molecule has 0 radical (unpaired) electrons. The second-order valence-electron chi connectivity index (χ2n) is 16.8. The smallest absolute Gasteiger partial charge is 0.211 e. The molecule has 0 aliphatic heterocycles. The normalized spacial score (nSPS) is 23.7. The standard InChI is InChI=1S/C42H58N2O4Si/c1-41(2,3)49(4,5)48-40(36-13-16-39(38(24-36)44-30-45)47-29-32-9-7-6-8-10-32)28-43-19-17-31-11-14-37(15-12-31)46-20-18-42-25-33-21-34(26-42)23-35(22-33)27-42/h6-16,24,30,33-35,40,43H,17-23,25-29H2,1-5H3,(H,44,45)/t33?,34?,35?,40-,42?/m0/s1. The van der Waals surface area contributed by atoms with Gasteiger partial charge < -0.3 is 24.5 Å². The number of rotatable bonds is 17. The van der Waals surface area contributed by atoms with E-state index < -0.39 is 8.32 Å². The molecule has 0 unspecified atom stereocenters. The van der Waals surface area contributed by atoms with E-state index in [1.165, 1.54) is 50.5 Å². The second kappa shape index (κ2) is 15.4. The molecule has 0 heterocycles. The molecule has 4 aliphatic rings. The van der Waals surface area contributed by atoms with Crippen molar-refractivity contribution in [3.05, 3.63) is 89.5 Å². The fraction of sp³-hybridized carbons (Fsp3) is 0.548. The molecule has 7 heteroatoms. The van der Waals surface area contributed by atoms with Crippen molar-refractivity contribution in [3.8, 4) is 11.5 Å². The Labute approximate surface area is 295 Å². The first-order valence-electron chi connectivity index (χ1n) is 18.6. The summed E-state index contributed by atoms with van der Waals surface area (Å²) in [5.74, 6) is 4.61. The number of ether oxygens (including phenoxy) is 2. The number of hydrogen-bond donors (Lipinski definition) is 2. The lowest BCUT2D eigenvalue weighted by atomic mass is 9.49. The number of carbonyl (C=O) groups is 1. The van der Waals surface area contributed by atoms with E-state index in [2.05, 4.69) is 74.8 Å². The Morgan fingerprint density at radius 3 is 2.18 bits per heavy atom. The van der Waals surface area contributed by atoms with Gasteiger partial charge in [-0.1, -0.05) is 69.3 Å². The summed E-state index contributed by atoms with van der Waals surface area (Å²) in [5.41, 5.74) is 4.59. The molecule has 4 fully saturated rings. The molecule has 264 valence electrons. The number of benzene rings is 3. The Kier molecular flexibility index (Phi) is 11.2. The molecule has 1 atom stereocenters. The van der Waals surface area contributed by atoms with E-state index in [4.69, 9.17) is 13.9 Å². The molecule has 4 aliphatic carbocycles. The van der Waals surface area contributed by atoms with Gasteiger partial charge in [-0.3, -0.25) is 4.79 Å². The second-order valence-corrected chi connectivity index (χ2v) is 21.5. The zero-order valence-electron chi connectivity index (χ0n) is 30.4. The molecule has 2 N–H and O–H groups in total. The third kappa shape index (κ3) is 9.16. The number of nitrogens with one attached hydrogen (secondary N) is 2. The van der Waals surface area contributed by atoms with Crippen molar-refractivity contribution in [3.63, 3.8) is 0 Å². The van der Waals surface area contributed by atoms with Crippen LogP contribution in [0.2, 0.25) is 18.1 Å². The zero-order chi connectivity index (χ0) is 34.5. The highest BCUT2D eigenvalue weighted by Crippen LogP contribution is 2.61. The van der Waals surface area contributed by atoms with Gasteiger partial charge in [-0.2, -0.15) is 0 Å². The summed E-state index contributed by atoms with van der Waals surface area (Å²) < 4.78 is 19.4. The topological polar surface area (TPSA) is 68.8 Å². The van der Waals surface area contributed by atoms with E-state index in [1.54, 1.807) is 0 Å². The lowest BCUT2D eigenvalue weighted by Crippen LogP contribution is -2.46. The van der Waals surface area contributed by atoms with Gasteiger partial charge in [0.25, 0.3) is 0 Å². The molecule has 1 amide bonds. The molecule has 0 saturated heterocycles. The van der Waals surface area contributed by atoms with Crippen molar-refractivity contribution in [2.45, 2.75) is 103 Å². The van der Waals surface area contributed by atoms with Crippen LogP contribution in [0.15, 0.2) is 72.8 Å². The molecule has 49 heavy (non-hydrogen) atoms. The molecular formula is C42H58N2O4Si. The van der Waals surface area contributed by atoms with Crippen molar-refractivity contribution in [2.24, 2.45) is 23.2 Å². The number of amides is 1. The third-order valence-corrected chi connectivity index (χ3v) is 16.5. The van der Waals surface area contributed by atoms with Gasteiger partial charge in [0, 0.05) is 6.54 Å². The number of anilines is 1. The van der Waals surface area contributed by atoms with Crippen LogP contribution in [0.25, 0.3) is 0 Å². The van der Waals surface area contributed by atoms with Gasteiger partial charge >= 0.3 is 0 Å². The minimum absolute atomic E-state index is 0.0624. The fourth-order valence-electron chi connectivity index (χ4n) is 8.75. The Bertz CT molecular complexity index is 1480. The minimum atomic E-state index is -2.10. The Hall–Kier alpha value is -3.13. The van der Waals surface area contributed by atoms with Gasteiger partial charge in [-0.25, -0.2) is 0 Å². The summed E-state index contributed by atoms with van der Waals surface area (Å²) in [6.07, 6.45) is 11.5. The summed E-state index contributed by atoms with van der Waals surface area (Å²) in [7, 11) is -2.10. The maximum absolute atomic E-state index is 11.6. The van der Waals surface area contributed by atoms with Crippen molar-refractivity contribution in [1.29, 1.82) is 0 Å². The third-order valence-electron chi connectivity index (χ3n) is 12.0. The monoisotopic (exact) mass is 682 g/mol. The van der Waals surface area contributed by atoms with Crippen LogP contribution in [0.1, 0.15) is 88.5 Å². The first-order chi connectivity index (χ1) is 23.5. The van der Waals surface area contributed by atoms with Crippen molar-refractivity contribution in [1.82, 2.24) is 5.32 Å². The minimum Gasteiger partial charge on any atom is -0.494 e. The molecule has 7 rings (SSSR count).